The van der Waals surface area contributed by atoms with Gasteiger partial charge in [-0.15, -0.1) is 0 Å². The minimum Gasteiger partial charge on any atom is -0.375 e. The third-order valence-corrected chi connectivity index (χ3v) is 4.61. The maximum atomic E-state index is 6.21. The lowest BCUT2D eigenvalue weighted by Gasteiger charge is -2.46. The summed E-state index contributed by atoms with van der Waals surface area (Å²) in [6, 6.07) is 0.682. The Kier molecular flexibility index (Phi) is 4.48. The molecular formula is C15H29NO. The van der Waals surface area contributed by atoms with Crippen molar-refractivity contribution in [2.45, 2.75) is 70.4 Å². The van der Waals surface area contributed by atoms with E-state index in [-0.39, 0.29) is 5.60 Å². The molecule has 0 radical (unpaired) electrons. The Morgan fingerprint density at radius 1 is 1.29 bits per heavy atom. The fourth-order valence-electron chi connectivity index (χ4n) is 3.90. The van der Waals surface area contributed by atoms with Gasteiger partial charge in [0.05, 0.1) is 5.60 Å². The van der Waals surface area contributed by atoms with Gasteiger partial charge in [-0.1, -0.05) is 26.7 Å². The van der Waals surface area contributed by atoms with E-state index in [4.69, 9.17) is 4.74 Å². The van der Waals surface area contributed by atoms with E-state index in [2.05, 4.69) is 26.2 Å². The summed E-state index contributed by atoms with van der Waals surface area (Å²) in [6.45, 7) is 5.65. The molecule has 0 aromatic rings. The van der Waals surface area contributed by atoms with Crippen LogP contribution in [0.1, 0.15) is 58.8 Å². The first kappa shape index (κ1) is 13.4. The molecule has 1 aliphatic carbocycles. The highest BCUT2D eigenvalue weighted by molar-refractivity contribution is 4.94. The highest BCUT2D eigenvalue weighted by atomic mass is 16.5. The van der Waals surface area contributed by atoms with Crippen LogP contribution in [-0.4, -0.2) is 25.3 Å². The van der Waals surface area contributed by atoms with Gasteiger partial charge in [-0.25, -0.2) is 0 Å². The molecular weight excluding hydrogens is 210 g/mol. The summed E-state index contributed by atoms with van der Waals surface area (Å²) in [7, 11) is 2.10. The summed E-state index contributed by atoms with van der Waals surface area (Å²) >= 11 is 0. The van der Waals surface area contributed by atoms with E-state index in [9.17, 15) is 0 Å². The molecule has 3 unspecified atom stereocenters. The standard InChI is InChI=1S/C15H29NO/c1-12(2)9-13-5-4-7-15(10-13)11-14(16-3)6-8-17-15/h12-14,16H,4-11H2,1-3H3. The van der Waals surface area contributed by atoms with E-state index in [1.807, 2.05) is 0 Å². The van der Waals surface area contributed by atoms with Crippen LogP contribution in [0.4, 0.5) is 0 Å². The van der Waals surface area contributed by atoms with E-state index in [0.29, 0.717) is 6.04 Å². The van der Waals surface area contributed by atoms with Crippen molar-refractivity contribution in [3.05, 3.63) is 0 Å². The summed E-state index contributed by atoms with van der Waals surface area (Å²) in [5, 5.41) is 3.45. The van der Waals surface area contributed by atoms with Gasteiger partial charge in [0.1, 0.15) is 0 Å². The predicted molar refractivity (Wildman–Crippen MR) is 72.2 cm³/mol. The molecule has 3 atom stereocenters. The first-order valence-corrected chi connectivity index (χ1v) is 7.45. The zero-order chi connectivity index (χ0) is 12.3. The van der Waals surface area contributed by atoms with Crippen molar-refractivity contribution < 1.29 is 4.74 Å². The third kappa shape index (κ3) is 3.45. The Bertz CT molecular complexity index is 237. The maximum absolute atomic E-state index is 6.21. The quantitative estimate of drug-likeness (QED) is 0.815. The summed E-state index contributed by atoms with van der Waals surface area (Å²) in [5.74, 6) is 1.73. The molecule has 2 aliphatic rings. The van der Waals surface area contributed by atoms with Crippen molar-refractivity contribution in [2.24, 2.45) is 11.8 Å². The van der Waals surface area contributed by atoms with Gasteiger partial charge < -0.3 is 10.1 Å². The van der Waals surface area contributed by atoms with Crippen molar-refractivity contribution in [2.75, 3.05) is 13.7 Å². The van der Waals surface area contributed by atoms with Crippen LogP contribution in [-0.2, 0) is 4.74 Å². The zero-order valence-corrected chi connectivity index (χ0v) is 11.8. The Balaban J connectivity index is 1.94. The summed E-state index contributed by atoms with van der Waals surface area (Å²) in [6.07, 6.45) is 9.20. The van der Waals surface area contributed by atoms with Crippen LogP contribution in [0.25, 0.3) is 0 Å². The molecule has 0 amide bonds. The lowest BCUT2D eigenvalue weighted by atomic mass is 9.71. The molecule has 100 valence electrons. The van der Waals surface area contributed by atoms with Crippen LogP contribution in [0, 0.1) is 11.8 Å². The first-order chi connectivity index (χ1) is 8.13. The van der Waals surface area contributed by atoms with Gasteiger partial charge in [-0.3, -0.25) is 0 Å². The molecule has 1 spiro atoms. The normalized spacial score (nSPS) is 38.8. The molecule has 0 bridgehead atoms. The smallest absolute Gasteiger partial charge is 0.0700 e. The van der Waals surface area contributed by atoms with Crippen LogP contribution in [0.15, 0.2) is 0 Å². The third-order valence-electron chi connectivity index (χ3n) is 4.61. The molecule has 1 saturated carbocycles. The first-order valence-electron chi connectivity index (χ1n) is 7.45. The number of rotatable bonds is 3. The van der Waals surface area contributed by atoms with Gasteiger partial charge in [0.25, 0.3) is 0 Å². The molecule has 1 N–H and O–H groups in total. The molecule has 0 aromatic carbocycles. The van der Waals surface area contributed by atoms with Gasteiger partial charge in [0.2, 0.25) is 0 Å². The number of hydrogen-bond donors (Lipinski definition) is 1. The molecule has 2 heteroatoms. The monoisotopic (exact) mass is 239 g/mol. The van der Waals surface area contributed by atoms with Crippen molar-refractivity contribution >= 4 is 0 Å². The van der Waals surface area contributed by atoms with Gasteiger partial charge in [-0.05, 0) is 51.0 Å². The topological polar surface area (TPSA) is 21.3 Å². The molecule has 2 fully saturated rings. The van der Waals surface area contributed by atoms with Crippen molar-refractivity contribution in [1.82, 2.24) is 5.32 Å². The van der Waals surface area contributed by atoms with Crippen LogP contribution in [0.3, 0.4) is 0 Å². The fraction of sp³-hybridized carbons (Fsp3) is 1.00. The second kappa shape index (κ2) is 5.71. The fourth-order valence-corrected chi connectivity index (χ4v) is 3.90. The van der Waals surface area contributed by atoms with E-state index in [1.165, 1.54) is 44.9 Å². The lowest BCUT2D eigenvalue weighted by molar-refractivity contribution is -0.120. The zero-order valence-electron chi connectivity index (χ0n) is 11.8. The Morgan fingerprint density at radius 2 is 2.12 bits per heavy atom. The van der Waals surface area contributed by atoms with E-state index >= 15 is 0 Å². The number of hydrogen-bond acceptors (Lipinski definition) is 2. The van der Waals surface area contributed by atoms with Gasteiger partial charge in [-0.2, -0.15) is 0 Å². The van der Waals surface area contributed by atoms with Crippen LogP contribution in [0.5, 0.6) is 0 Å². The van der Waals surface area contributed by atoms with Gasteiger partial charge in [0, 0.05) is 12.6 Å². The van der Waals surface area contributed by atoms with Crippen molar-refractivity contribution in [3.8, 4) is 0 Å². The average molecular weight is 239 g/mol. The Hall–Kier alpha value is -0.0800. The molecule has 0 aromatic heterocycles. The van der Waals surface area contributed by atoms with Crippen LogP contribution < -0.4 is 5.32 Å². The highest BCUT2D eigenvalue weighted by Gasteiger charge is 2.41. The second-order valence-corrected chi connectivity index (χ2v) is 6.60. The number of ether oxygens (including phenoxy) is 1. The SMILES string of the molecule is CNC1CCOC2(CCCC(CC(C)C)C2)C1. The van der Waals surface area contributed by atoms with Crippen LogP contribution in [0.2, 0.25) is 0 Å². The Labute approximate surface area is 107 Å². The molecule has 2 rings (SSSR count). The lowest BCUT2D eigenvalue weighted by Crippen LogP contribution is -2.48. The van der Waals surface area contributed by atoms with Crippen molar-refractivity contribution in [1.29, 1.82) is 0 Å². The molecule has 1 aliphatic heterocycles. The summed E-state index contributed by atoms with van der Waals surface area (Å²) < 4.78 is 6.21. The molecule has 2 nitrogen and oxygen atoms in total. The van der Waals surface area contributed by atoms with Crippen molar-refractivity contribution in [3.63, 3.8) is 0 Å². The van der Waals surface area contributed by atoms with Crippen LogP contribution >= 0.6 is 0 Å². The predicted octanol–water partition coefficient (Wildman–Crippen LogP) is 3.36. The minimum absolute atomic E-state index is 0.226. The van der Waals surface area contributed by atoms with E-state index in [1.54, 1.807) is 0 Å². The Morgan fingerprint density at radius 3 is 2.82 bits per heavy atom. The van der Waals surface area contributed by atoms with E-state index in [0.717, 1.165) is 18.4 Å². The second-order valence-electron chi connectivity index (χ2n) is 6.60. The average Bonchev–Trinajstić information content (AvgIpc) is 2.28. The largest absolute Gasteiger partial charge is 0.375 e. The van der Waals surface area contributed by atoms with Gasteiger partial charge in [0.15, 0.2) is 0 Å². The summed E-state index contributed by atoms with van der Waals surface area (Å²) in [4.78, 5) is 0. The highest BCUT2D eigenvalue weighted by Crippen LogP contribution is 2.42. The molecule has 1 heterocycles. The summed E-state index contributed by atoms with van der Waals surface area (Å²) in [5.41, 5.74) is 0.226. The molecule has 17 heavy (non-hydrogen) atoms. The maximum Gasteiger partial charge on any atom is 0.0700 e. The molecule has 1 saturated heterocycles. The van der Waals surface area contributed by atoms with E-state index < -0.39 is 0 Å². The minimum atomic E-state index is 0.226. The van der Waals surface area contributed by atoms with Gasteiger partial charge >= 0.3 is 0 Å². The number of nitrogens with one attached hydrogen (secondary N) is 1.